The molecular weight excluding hydrogens is 278 g/mol. The highest BCUT2D eigenvalue weighted by atomic mass is 16.7. The van der Waals surface area contributed by atoms with Crippen LogP contribution in [-0.2, 0) is 4.79 Å². The monoisotopic (exact) mass is 303 g/mol. The predicted molar refractivity (Wildman–Crippen MR) is 79.1 cm³/mol. The van der Waals surface area contributed by atoms with Crippen molar-refractivity contribution in [2.24, 2.45) is 22.4 Å². The number of nitrogens with one attached hydrogen (secondary N) is 1. The van der Waals surface area contributed by atoms with Crippen LogP contribution < -0.4 is 16.9 Å². The quantitative estimate of drug-likeness (QED) is 0.134. The van der Waals surface area contributed by atoms with Crippen LogP contribution in [0, 0.1) is 16.0 Å². The van der Waals surface area contributed by atoms with Crippen molar-refractivity contribution in [3.05, 3.63) is 10.1 Å². The first kappa shape index (κ1) is 18.9. The van der Waals surface area contributed by atoms with E-state index in [0.29, 0.717) is 12.8 Å². The normalized spacial score (nSPS) is 13.2. The zero-order chi connectivity index (χ0) is 16.3. The Labute approximate surface area is 123 Å². The maximum atomic E-state index is 11.2. The number of carbonyl (C=O) groups is 1. The van der Waals surface area contributed by atoms with Gasteiger partial charge in [-0.25, -0.2) is 14.9 Å². The SMILES string of the molecule is CCCCCCC(CCN=C(N)N)[C@H](N[N+](=O)[O-])C(=O)O. The van der Waals surface area contributed by atoms with Gasteiger partial charge in [-0.15, -0.1) is 5.43 Å². The van der Waals surface area contributed by atoms with E-state index in [1.807, 2.05) is 5.43 Å². The molecule has 9 heteroatoms. The second-order valence-corrected chi connectivity index (χ2v) is 4.91. The van der Waals surface area contributed by atoms with Gasteiger partial charge in [0.25, 0.3) is 0 Å². The minimum absolute atomic E-state index is 0.0751. The van der Waals surface area contributed by atoms with Crippen LogP contribution in [0.3, 0.4) is 0 Å². The molecule has 0 radical (unpaired) electrons. The summed E-state index contributed by atoms with van der Waals surface area (Å²) in [6, 6.07) is -1.24. The lowest BCUT2D eigenvalue weighted by atomic mass is 9.90. The smallest absolute Gasteiger partial charge is 0.332 e. The lowest BCUT2D eigenvalue weighted by Crippen LogP contribution is -2.46. The van der Waals surface area contributed by atoms with Crippen LogP contribution in [0.25, 0.3) is 0 Å². The molecule has 0 spiro atoms. The number of hydrogen-bond donors (Lipinski definition) is 4. The summed E-state index contributed by atoms with van der Waals surface area (Å²) in [6.07, 6.45) is 4.87. The van der Waals surface area contributed by atoms with Crippen LogP contribution in [0.5, 0.6) is 0 Å². The molecule has 6 N–H and O–H groups in total. The van der Waals surface area contributed by atoms with E-state index in [9.17, 15) is 14.9 Å². The summed E-state index contributed by atoms with van der Waals surface area (Å²) in [6.45, 7) is 2.33. The van der Waals surface area contributed by atoms with E-state index in [1.165, 1.54) is 0 Å². The third-order valence-electron chi connectivity index (χ3n) is 3.20. The van der Waals surface area contributed by atoms with Crippen LogP contribution in [-0.4, -0.2) is 34.7 Å². The molecule has 0 aromatic carbocycles. The van der Waals surface area contributed by atoms with Crippen LogP contribution in [0.2, 0.25) is 0 Å². The Kier molecular flexibility index (Phi) is 9.65. The second kappa shape index (κ2) is 10.7. The highest BCUT2D eigenvalue weighted by Gasteiger charge is 2.31. The van der Waals surface area contributed by atoms with Crippen LogP contribution >= 0.6 is 0 Å². The molecular formula is C12H25N5O4. The molecule has 0 amide bonds. The molecule has 21 heavy (non-hydrogen) atoms. The Morgan fingerprint density at radius 2 is 2.00 bits per heavy atom. The lowest BCUT2D eigenvalue weighted by molar-refractivity contribution is -0.550. The number of rotatable bonds is 12. The van der Waals surface area contributed by atoms with Crippen molar-refractivity contribution < 1.29 is 14.9 Å². The highest BCUT2D eigenvalue weighted by molar-refractivity contribution is 5.75. The van der Waals surface area contributed by atoms with E-state index in [2.05, 4.69) is 11.9 Å². The first-order valence-electron chi connectivity index (χ1n) is 7.07. The van der Waals surface area contributed by atoms with Crippen LogP contribution in [0.4, 0.5) is 0 Å². The zero-order valence-corrected chi connectivity index (χ0v) is 12.3. The first-order valence-corrected chi connectivity index (χ1v) is 7.07. The standard InChI is InChI=1S/C12H25N5O4/c1-2-3-4-5-6-9(7-8-15-12(13)14)10(11(18)19)16-17(20)21/h9-10,16H,2-8H2,1H3,(H,18,19)(H4,13,14,15)/t9?,10-/m0/s1. The van der Waals surface area contributed by atoms with Gasteiger partial charge >= 0.3 is 5.97 Å². The Hall–Kier alpha value is -2.06. The van der Waals surface area contributed by atoms with Gasteiger partial charge in [-0.05, 0) is 18.8 Å². The predicted octanol–water partition coefficient (Wildman–Crippen LogP) is 0.471. The number of carboxylic acid groups (broad SMARTS) is 1. The maximum absolute atomic E-state index is 11.2. The van der Waals surface area contributed by atoms with Crippen LogP contribution in [0.15, 0.2) is 4.99 Å². The summed E-state index contributed by atoms with van der Waals surface area (Å²) in [5, 5.41) is 18.9. The minimum atomic E-state index is -1.24. The largest absolute Gasteiger partial charge is 0.480 e. The van der Waals surface area contributed by atoms with Gasteiger partial charge < -0.3 is 16.6 Å². The molecule has 0 aromatic heterocycles. The van der Waals surface area contributed by atoms with Crippen molar-refractivity contribution in [3.63, 3.8) is 0 Å². The molecule has 1 unspecified atom stereocenters. The summed E-state index contributed by atoms with van der Waals surface area (Å²) >= 11 is 0. The molecule has 0 rings (SSSR count). The molecule has 0 saturated heterocycles. The zero-order valence-electron chi connectivity index (χ0n) is 12.3. The van der Waals surface area contributed by atoms with Gasteiger partial charge in [-0.1, -0.05) is 32.6 Å². The van der Waals surface area contributed by atoms with Crippen molar-refractivity contribution in [3.8, 4) is 0 Å². The Bertz CT molecular complexity index is 358. The number of unbranched alkanes of at least 4 members (excludes halogenated alkanes) is 3. The van der Waals surface area contributed by atoms with Crippen molar-refractivity contribution in [1.29, 1.82) is 0 Å². The number of nitro groups is 1. The first-order chi connectivity index (χ1) is 9.88. The number of hydrogen-bond acceptors (Lipinski definition) is 4. The highest BCUT2D eigenvalue weighted by Crippen LogP contribution is 2.19. The fraction of sp³-hybridized carbons (Fsp3) is 0.833. The molecule has 0 bridgehead atoms. The van der Waals surface area contributed by atoms with Gasteiger partial charge in [0.15, 0.2) is 17.0 Å². The number of aliphatic carboxylic acids is 1. The van der Waals surface area contributed by atoms with Crippen molar-refractivity contribution in [1.82, 2.24) is 5.43 Å². The third-order valence-corrected chi connectivity index (χ3v) is 3.20. The molecule has 0 heterocycles. The summed E-state index contributed by atoms with van der Waals surface area (Å²) in [4.78, 5) is 25.6. The molecule has 0 aliphatic heterocycles. The number of hydrazine groups is 1. The van der Waals surface area contributed by atoms with Crippen molar-refractivity contribution in [2.75, 3.05) is 6.54 Å². The van der Waals surface area contributed by atoms with E-state index in [4.69, 9.17) is 16.6 Å². The Morgan fingerprint density at radius 3 is 2.48 bits per heavy atom. The van der Waals surface area contributed by atoms with Gasteiger partial charge in [-0.2, -0.15) is 0 Å². The number of nitrogens with zero attached hydrogens (tertiary/aromatic N) is 2. The molecule has 0 saturated carbocycles. The number of aliphatic imine (C=N–C) groups is 1. The van der Waals surface area contributed by atoms with Crippen molar-refractivity contribution in [2.45, 2.75) is 51.5 Å². The van der Waals surface area contributed by atoms with E-state index in [-0.39, 0.29) is 12.5 Å². The number of guanidine groups is 1. The molecule has 122 valence electrons. The Morgan fingerprint density at radius 1 is 1.33 bits per heavy atom. The third kappa shape index (κ3) is 9.47. The average molecular weight is 303 g/mol. The summed E-state index contributed by atoms with van der Waals surface area (Å²) < 4.78 is 0. The maximum Gasteiger partial charge on any atom is 0.332 e. The van der Waals surface area contributed by atoms with Gasteiger partial charge in [0.1, 0.15) is 0 Å². The summed E-state index contributed by atoms with van der Waals surface area (Å²) in [7, 11) is 0. The Balaban J connectivity index is 4.66. The second-order valence-electron chi connectivity index (χ2n) is 4.91. The van der Waals surface area contributed by atoms with E-state index < -0.39 is 23.0 Å². The van der Waals surface area contributed by atoms with Crippen molar-refractivity contribution >= 4 is 11.9 Å². The summed E-state index contributed by atoms with van der Waals surface area (Å²) in [5.41, 5.74) is 12.3. The average Bonchev–Trinajstić information content (AvgIpc) is 2.38. The van der Waals surface area contributed by atoms with Gasteiger partial charge in [0.2, 0.25) is 0 Å². The number of nitrogens with two attached hydrogens (primary N) is 2. The minimum Gasteiger partial charge on any atom is -0.480 e. The molecule has 0 aliphatic rings. The van der Waals surface area contributed by atoms with E-state index >= 15 is 0 Å². The molecule has 0 fully saturated rings. The fourth-order valence-corrected chi connectivity index (χ4v) is 2.15. The molecule has 2 atom stereocenters. The topological polar surface area (TPSA) is 157 Å². The van der Waals surface area contributed by atoms with Gasteiger partial charge in [0, 0.05) is 6.54 Å². The summed E-state index contributed by atoms with van der Waals surface area (Å²) in [5.74, 6) is -1.71. The van der Waals surface area contributed by atoms with E-state index in [1.54, 1.807) is 0 Å². The van der Waals surface area contributed by atoms with Gasteiger partial charge in [-0.3, -0.25) is 4.99 Å². The molecule has 0 aliphatic carbocycles. The number of carboxylic acids is 1. The molecule has 0 aromatic rings. The molecule has 9 nitrogen and oxygen atoms in total. The van der Waals surface area contributed by atoms with Gasteiger partial charge in [0.05, 0.1) is 0 Å². The van der Waals surface area contributed by atoms with E-state index in [0.717, 1.165) is 25.7 Å². The lowest BCUT2D eigenvalue weighted by Gasteiger charge is -2.21. The van der Waals surface area contributed by atoms with Crippen LogP contribution in [0.1, 0.15) is 45.4 Å². The fourth-order valence-electron chi connectivity index (χ4n) is 2.15.